The molecule has 0 aliphatic carbocycles. The largest absolute Gasteiger partial charge is 0.493 e. The van der Waals surface area contributed by atoms with Gasteiger partial charge < -0.3 is 18.9 Å². The average molecular weight is 505 g/mol. The number of unbranched alkanes of at least 4 members (excludes halogenated alkanes) is 3. The molecule has 1 N–H and O–H groups in total. The maximum atomic E-state index is 12.7. The van der Waals surface area contributed by atoms with Gasteiger partial charge in [0, 0.05) is 5.56 Å². The van der Waals surface area contributed by atoms with Gasteiger partial charge >= 0.3 is 0 Å². The van der Waals surface area contributed by atoms with Crippen molar-refractivity contribution in [2.75, 3.05) is 20.3 Å². The van der Waals surface area contributed by atoms with E-state index in [1.807, 2.05) is 55.5 Å². The number of amides is 1. The molecule has 0 heterocycles. The zero-order valence-corrected chi connectivity index (χ0v) is 21.9. The van der Waals surface area contributed by atoms with Gasteiger partial charge in [0.15, 0.2) is 23.0 Å². The van der Waals surface area contributed by atoms with E-state index < -0.39 is 0 Å². The fraction of sp³-hybridized carbons (Fsp3) is 0.333. The molecule has 7 nitrogen and oxygen atoms in total. The molecule has 0 aromatic heterocycles. The Kier molecular flexibility index (Phi) is 11.3. The SMILES string of the molecule is CCCCCCOc1ccc(/C=N/NC(=O)c2ccc(OCc3ccccc3)c(OCC)c2)cc1OC. The predicted octanol–water partition coefficient (Wildman–Crippen LogP) is 6.40. The molecule has 3 aromatic carbocycles. The number of hydrogen-bond acceptors (Lipinski definition) is 6. The van der Waals surface area contributed by atoms with Crippen LogP contribution in [0.2, 0.25) is 0 Å². The molecule has 0 unspecified atom stereocenters. The number of methoxy groups -OCH3 is 1. The molecule has 0 aliphatic rings. The summed E-state index contributed by atoms with van der Waals surface area (Å²) in [7, 11) is 1.60. The summed E-state index contributed by atoms with van der Waals surface area (Å²) in [5.74, 6) is 2.04. The lowest BCUT2D eigenvalue weighted by molar-refractivity contribution is 0.0954. The Labute approximate surface area is 219 Å². The molecular formula is C30H36N2O5. The standard InChI is InChI=1S/C30H36N2O5/c1-4-6-7-11-18-36-26-16-14-24(19-28(26)34-3)21-31-32-30(33)25-15-17-27(29(20-25)35-5-2)37-22-23-12-9-8-10-13-23/h8-10,12-17,19-21H,4-7,11,18,22H2,1-3H3,(H,32,33)/b31-21+. The molecule has 0 saturated carbocycles. The lowest BCUT2D eigenvalue weighted by Gasteiger charge is -2.13. The molecule has 7 heteroatoms. The molecule has 196 valence electrons. The molecule has 3 rings (SSSR count). The Morgan fingerprint density at radius 3 is 2.38 bits per heavy atom. The highest BCUT2D eigenvalue weighted by Gasteiger charge is 2.12. The highest BCUT2D eigenvalue weighted by molar-refractivity contribution is 5.95. The van der Waals surface area contributed by atoms with E-state index in [0.29, 0.717) is 48.4 Å². The van der Waals surface area contributed by atoms with Crippen LogP contribution in [0.15, 0.2) is 71.8 Å². The highest BCUT2D eigenvalue weighted by Crippen LogP contribution is 2.30. The first-order chi connectivity index (χ1) is 18.1. The lowest BCUT2D eigenvalue weighted by atomic mass is 10.2. The topological polar surface area (TPSA) is 78.4 Å². The van der Waals surface area contributed by atoms with Gasteiger partial charge in [0.1, 0.15) is 6.61 Å². The van der Waals surface area contributed by atoms with Crippen LogP contribution in [-0.4, -0.2) is 32.4 Å². The van der Waals surface area contributed by atoms with Crippen LogP contribution in [0.3, 0.4) is 0 Å². The molecule has 0 aliphatic heterocycles. The number of benzene rings is 3. The van der Waals surface area contributed by atoms with Crippen LogP contribution in [0.4, 0.5) is 0 Å². The lowest BCUT2D eigenvalue weighted by Crippen LogP contribution is -2.17. The maximum absolute atomic E-state index is 12.7. The first-order valence-corrected chi connectivity index (χ1v) is 12.7. The van der Waals surface area contributed by atoms with E-state index >= 15 is 0 Å². The van der Waals surface area contributed by atoms with Gasteiger partial charge in [-0.1, -0.05) is 56.5 Å². The number of ether oxygens (including phenoxy) is 4. The van der Waals surface area contributed by atoms with Crippen LogP contribution < -0.4 is 24.4 Å². The number of carbonyl (C=O) groups is 1. The van der Waals surface area contributed by atoms with E-state index in [4.69, 9.17) is 18.9 Å². The molecule has 3 aromatic rings. The van der Waals surface area contributed by atoms with Crippen molar-refractivity contribution in [3.63, 3.8) is 0 Å². The van der Waals surface area contributed by atoms with Gasteiger partial charge in [-0.2, -0.15) is 5.10 Å². The second-order valence-corrected chi connectivity index (χ2v) is 8.39. The summed E-state index contributed by atoms with van der Waals surface area (Å²) < 4.78 is 22.9. The molecule has 0 atom stereocenters. The van der Waals surface area contributed by atoms with Crippen molar-refractivity contribution in [3.05, 3.63) is 83.4 Å². The van der Waals surface area contributed by atoms with Crippen LogP contribution in [-0.2, 0) is 6.61 Å². The Hall–Kier alpha value is -4.00. The molecular weight excluding hydrogens is 468 g/mol. The van der Waals surface area contributed by atoms with Crippen LogP contribution in [0.1, 0.15) is 61.0 Å². The van der Waals surface area contributed by atoms with Gasteiger partial charge in [-0.15, -0.1) is 0 Å². The van der Waals surface area contributed by atoms with E-state index in [1.165, 1.54) is 12.8 Å². The smallest absolute Gasteiger partial charge is 0.271 e. The third-order valence-electron chi connectivity index (χ3n) is 5.57. The van der Waals surface area contributed by atoms with E-state index in [1.54, 1.807) is 31.5 Å². The molecule has 0 saturated heterocycles. The number of carbonyl (C=O) groups excluding carboxylic acids is 1. The monoisotopic (exact) mass is 504 g/mol. The third kappa shape index (κ3) is 8.86. The van der Waals surface area contributed by atoms with Gasteiger partial charge in [-0.05, 0) is 60.9 Å². The Morgan fingerprint density at radius 1 is 0.838 bits per heavy atom. The predicted molar refractivity (Wildman–Crippen MR) is 146 cm³/mol. The summed E-state index contributed by atoms with van der Waals surface area (Å²) in [4.78, 5) is 12.7. The molecule has 1 amide bonds. The number of nitrogens with zero attached hydrogens (tertiary/aromatic N) is 1. The summed E-state index contributed by atoms with van der Waals surface area (Å²) in [6, 6.07) is 20.5. The minimum Gasteiger partial charge on any atom is -0.493 e. The number of rotatable bonds is 15. The van der Waals surface area contributed by atoms with E-state index in [2.05, 4.69) is 17.5 Å². The molecule has 37 heavy (non-hydrogen) atoms. The van der Waals surface area contributed by atoms with Crippen LogP contribution >= 0.6 is 0 Å². The first-order valence-electron chi connectivity index (χ1n) is 12.7. The number of hydrazone groups is 1. The van der Waals surface area contributed by atoms with Crippen molar-refractivity contribution in [1.82, 2.24) is 5.43 Å². The van der Waals surface area contributed by atoms with Crippen molar-refractivity contribution in [3.8, 4) is 23.0 Å². The summed E-state index contributed by atoms with van der Waals surface area (Å²) >= 11 is 0. The molecule has 0 radical (unpaired) electrons. The van der Waals surface area contributed by atoms with Gasteiger partial charge in [-0.25, -0.2) is 5.43 Å². The Balaban J connectivity index is 1.59. The summed E-state index contributed by atoms with van der Waals surface area (Å²) in [6.45, 7) is 5.58. The molecule has 0 bridgehead atoms. The summed E-state index contributed by atoms with van der Waals surface area (Å²) in [6.07, 6.45) is 6.12. The normalized spacial score (nSPS) is 10.8. The van der Waals surface area contributed by atoms with E-state index in [-0.39, 0.29) is 5.91 Å². The minimum atomic E-state index is -0.356. The minimum absolute atomic E-state index is 0.356. The Morgan fingerprint density at radius 2 is 1.62 bits per heavy atom. The second-order valence-electron chi connectivity index (χ2n) is 8.39. The first kappa shape index (κ1) is 27.6. The fourth-order valence-corrected chi connectivity index (χ4v) is 3.60. The van der Waals surface area contributed by atoms with Gasteiger partial charge in [0.05, 0.1) is 26.5 Å². The number of nitrogens with one attached hydrogen (secondary N) is 1. The quantitative estimate of drug-likeness (QED) is 0.147. The van der Waals surface area contributed by atoms with Crippen LogP contribution in [0.5, 0.6) is 23.0 Å². The molecule has 0 spiro atoms. The zero-order valence-electron chi connectivity index (χ0n) is 21.9. The number of hydrogen-bond donors (Lipinski definition) is 1. The second kappa shape index (κ2) is 15.2. The zero-order chi connectivity index (χ0) is 26.3. The van der Waals surface area contributed by atoms with Crippen molar-refractivity contribution in [2.45, 2.75) is 46.1 Å². The average Bonchev–Trinajstić information content (AvgIpc) is 2.93. The third-order valence-corrected chi connectivity index (χ3v) is 5.57. The van der Waals surface area contributed by atoms with E-state index in [9.17, 15) is 4.79 Å². The summed E-state index contributed by atoms with van der Waals surface area (Å²) in [5, 5.41) is 4.10. The summed E-state index contributed by atoms with van der Waals surface area (Å²) in [5.41, 5.74) is 4.79. The van der Waals surface area contributed by atoms with Crippen LogP contribution in [0.25, 0.3) is 0 Å². The van der Waals surface area contributed by atoms with Crippen molar-refractivity contribution in [1.29, 1.82) is 0 Å². The van der Waals surface area contributed by atoms with Crippen LogP contribution in [0, 0.1) is 0 Å². The van der Waals surface area contributed by atoms with Crippen molar-refractivity contribution < 1.29 is 23.7 Å². The van der Waals surface area contributed by atoms with Crippen molar-refractivity contribution in [2.24, 2.45) is 5.10 Å². The maximum Gasteiger partial charge on any atom is 0.271 e. The van der Waals surface area contributed by atoms with Gasteiger partial charge in [0.2, 0.25) is 0 Å². The van der Waals surface area contributed by atoms with Gasteiger partial charge in [-0.3, -0.25) is 4.79 Å². The highest BCUT2D eigenvalue weighted by atomic mass is 16.5. The molecule has 0 fully saturated rings. The van der Waals surface area contributed by atoms with E-state index in [0.717, 1.165) is 24.0 Å². The van der Waals surface area contributed by atoms with Crippen molar-refractivity contribution >= 4 is 12.1 Å². The Bertz CT molecular complexity index is 1150. The van der Waals surface area contributed by atoms with Gasteiger partial charge in [0.25, 0.3) is 5.91 Å². The fourth-order valence-electron chi connectivity index (χ4n) is 3.60.